The Bertz CT molecular complexity index is 999. The Morgan fingerprint density at radius 3 is 2.12 bits per heavy atom. The van der Waals surface area contributed by atoms with Gasteiger partial charge in [-0.05, 0) is 66.8 Å². The molecule has 9 atom stereocenters. The SMILES string of the molecule is CC1(C)C(O)CC[C@]2(C)C3=C(C(O)C[C@@H]12)[C@]1(C)C(O)C[C@](C)([C@]2(C)CCC(=O)O2)[C@@]1(C)CC3=O. The molecule has 1 saturated heterocycles. The monoisotopic (exact) mass is 474 g/mol. The van der Waals surface area contributed by atoms with Gasteiger partial charge in [-0.15, -0.1) is 0 Å². The number of Topliss-reactive ketones (excluding diaryl/α,β-unsaturated/α-hetero) is 1. The van der Waals surface area contributed by atoms with E-state index in [-0.39, 0.29) is 24.1 Å². The van der Waals surface area contributed by atoms with E-state index in [1.54, 1.807) is 0 Å². The Morgan fingerprint density at radius 1 is 0.882 bits per heavy atom. The number of aliphatic hydroxyl groups is 3. The minimum Gasteiger partial charge on any atom is -0.459 e. The molecule has 2 saturated carbocycles. The van der Waals surface area contributed by atoms with Crippen molar-refractivity contribution in [3.8, 4) is 0 Å². The van der Waals surface area contributed by atoms with E-state index in [4.69, 9.17) is 4.74 Å². The summed E-state index contributed by atoms with van der Waals surface area (Å²) in [7, 11) is 0. The molecule has 0 amide bonds. The zero-order valence-corrected chi connectivity index (χ0v) is 21.8. The zero-order chi connectivity index (χ0) is 25.3. The van der Waals surface area contributed by atoms with Gasteiger partial charge in [-0.1, -0.05) is 41.5 Å². The number of aliphatic hydroxyl groups excluding tert-OH is 3. The molecule has 4 aliphatic carbocycles. The second kappa shape index (κ2) is 6.74. The number of hydrogen-bond acceptors (Lipinski definition) is 6. The van der Waals surface area contributed by atoms with Crippen LogP contribution in [0, 0.1) is 33.0 Å². The van der Waals surface area contributed by atoms with Crippen molar-refractivity contribution in [2.75, 3.05) is 0 Å². The van der Waals surface area contributed by atoms with Crippen LogP contribution in [-0.2, 0) is 14.3 Å². The quantitative estimate of drug-likeness (QED) is 0.501. The van der Waals surface area contributed by atoms with Crippen LogP contribution < -0.4 is 0 Å². The van der Waals surface area contributed by atoms with Crippen molar-refractivity contribution in [1.82, 2.24) is 0 Å². The van der Waals surface area contributed by atoms with Crippen molar-refractivity contribution < 1.29 is 29.6 Å². The third kappa shape index (κ3) is 2.48. The molecule has 3 N–H and O–H groups in total. The highest BCUT2D eigenvalue weighted by atomic mass is 16.6. The fourth-order valence-corrected chi connectivity index (χ4v) is 9.69. The molecule has 6 heteroatoms. The van der Waals surface area contributed by atoms with Crippen LogP contribution in [0.3, 0.4) is 0 Å². The summed E-state index contributed by atoms with van der Waals surface area (Å²) in [6.45, 7) is 14.4. The van der Waals surface area contributed by atoms with E-state index < -0.39 is 51.0 Å². The summed E-state index contributed by atoms with van der Waals surface area (Å²) in [4.78, 5) is 26.4. The highest BCUT2D eigenvalue weighted by Gasteiger charge is 2.76. The zero-order valence-electron chi connectivity index (χ0n) is 21.8. The molecule has 3 fully saturated rings. The van der Waals surface area contributed by atoms with E-state index in [0.717, 1.165) is 0 Å². The Labute approximate surface area is 203 Å². The van der Waals surface area contributed by atoms with E-state index in [1.165, 1.54) is 0 Å². The normalized spacial score (nSPS) is 54.4. The van der Waals surface area contributed by atoms with Gasteiger partial charge < -0.3 is 20.1 Å². The van der Waals surface area contributed by atoms with Crippen molar-refractivity contribution in [3.63, 3.8) is 0 Å². The van der Waals surface area contributed by atoms with Crippen LogP contribution in [0.2, 0.25) is 0 Å². The average Bonchev–Trinajstić information content (AvgIpc) is 3.16. The lowest BCUT2D eigenvalue weighted by molar-refractivity contribution is -0.178. The lowest BCUT2D eigenvalue weighted by Crippen LogP contribution is -2.63. The first-order valence-corrected chi connectivity index (χ1v) is 13.0. The standard InChI is InChI=1S/C28H42O6/c1-23(2)17-12-15(29)22-21(24(17,3)10-8-18(23)31)16(30)13-26(5)25(4,14-19(32)28(22,26)7)27(6)11-9-20(33)34-27/h15,17-19,29,31-32H,8-14H2,1-7H3/t15?,17-,18?,19?,24-,25-,26+,27-,28-/m0/s1. The Balaban J connectivity index is 1.72. The van der Waals surface area contributed by atoms with E-state index in [0.29, 0.717) is 49.7 Å². The molecule has 3 unspecified atom stereocenters. The molecule has 0 aromatic heterocycles. The van der Waals surface area contributed by atoms with Crippen LogP contribution >= 0.6 is 0 Å². The Hall–Kier alpha value is -1.24. The molecular weight excluding hydrogens is 432 g/mol. The molecule has 0 spiro atoms. The molecule has 1 aliphatic heterocycles. The predicted octanol–water partition coefficient (Wildman–Crippen LogP) is 3.70. The fourth-order valence-electron chi connectivity index (χ4n) is 9.69. The van der Waals surface area contributed by atoms with Gasteiger partial charge in [0.05, 0.1) is 18.3 Å². The van der Waals surface area contributed by atoms with Crippen molar-refractivity contribution in [1.29, 1.82) is 0 Å². The first-order valence-electron chi connectivity index (χ1n) is 13.0. The number of rotatable bonds is 1. The second-order valence-electron chi connectivity index (χ2n) is 13.8. The largest absolute Gasteiger partial charge is 0.459 e. The number of carbonyl (C=O) groups excluding carboxylic acids is 2. The number of cyclic esters (lactones) is 1. The van der Waals surface area contributed by atoms with Crippen molar-refractivity contribution in [2.45, 2.75) is 117 Å². The van der Waals surface area contributed by atoms with Gasteiger partial charge in [0, 0.05) is 29.2 Å². The predicted molar refractivity (Wildman–Crippen MR) is 127 cm³/mol. The van der Waals surface area contributed by atoms with Crippen molar-refractivity contribution in [2.24, 2.45) is 33.0 Å². The smallest absolute Gasteiger partial charge is 0.306 e. The summed E-state index contributed by atoms with van der Waals surface area (Å²) in [6, 6.07) is 0. The molecule has 190 valence electrons. The third-order valence-corrected chi connectivity index (χ3v) is 12.4. The van der Waals surface area contributed by atoms with Gasteiger partial charge in [-0.2, -0.15) is 0 Å². The second-order valence-corrected chi connectivity index (χ2v) is 13.8. The van der Waals surface area contributed by atoms with E-state index in [9.17, 15) is 24.9 Å². The summed E-state index contributed by atoms with van der Waals surface area (Å²) in [5, 5.41) is 34.2. The van der Waals surface area contributed by atoms with Crippen LogP contribution in [0.15, 0.2) is 11.1 Å². The van der Waals surface area contributed by atoms with Crippen LogP contribution in [0.4, 0.5) is 0 Å². The molecule has 5 aliphatic rings. The van der Waals surface area contributed by atoms with Crippen LogP contribution in [-0.4, -0.2) is 51.0 Å². The Morgan fingerprint density at radius 2 is 1.53 bits per heavy atom. The molecule has 0 aromatic carbocycles. The summed E-state index contributed by atoms with van der Waals surface area (Å²) >= 11 is 0. The maximum atomic E-state index is 14.2. The molecule has 0 radical (unpaired) electrons. The van der Waals surface area contributed by atoms with Gasteiger partial charge in [0.2, 0.25) is 0 Å². The molecule has 5 rings (SSSR count). The lowest BCUT2D eigenvalue weighted by atomic mass is 9.40. The number of esters is 1. The van der Waals surface area contributed by atoms with E-state index in [1.807, 2.05) is 27.7 Å². The topological polar surface area (TPSA) is 104 Å². The number of allylic oxidation sites excluding steroid dienone is 1. The lowest BCUT2D eigenvalue weighted by Gasteiger charge is -2.64. The molecule has 1 heterocycles. The van der Waals surface area contributed by atoms with Gasteiger partial charge in [0.1, 0.15) is 5.60 Å². The van der Waals surface area contributed by atoms with Gasteiger partial charge in [-0.25, -0.2) is 0 Å². The van der Waals surface area contributed by atoms with Crippen molar-refractivity contribution >= 4 is 11.8 Å². The van der Waals surface area contributed by atoms with E-state index >= 15 is 0 Å². The third-order valence-electron chi connectivity index (χ3n) is 12.4. The fraction of sp³-hybridized carbons (Fsp3) is 0.857. The summed E-state index contributed by atoms with van der Waals surface area (Å²) in [6.07, 6.45) is 1.23. The highest BCUT2D eigenvalue weighted by molar-refractivity contribution is 6.00. The average molecular weight is 475 g/mol. The number of ketones is 1. The summed E-state index contributed by atoms with van der Waals surface area (Å²) in [5.41, 5.74) is -2.40. The van der Waals surface area contributed by atoms with Gasteiger partial charge in [-0.3, -0.25) is 9.59 Å². The Kier molecular flexibility index (Phi) is 4.85. The van der Waals surface area contributed by atoms with Gasteiger partial charge in [0.15, 0.2) is 5.78 Å². The summed E-state index contributed by atoms with van der Waals surface area (Å²) < 4.78 is 5.92. The summed E-state index contributed by atoms with van der Waals surface area (Å²) in [5.74, 6) is -0.220. The maximum absolute atomic E-state index is 14.2. The van der Waals surface area contributed by atoms with Crippen LogP contribution in [0.25, 0.3) is 0 Å². The van der Waals surface area contributed by atoms with Crippen LogP contribution in [0.5, 0.6) is 0 Å². The number of fused-ring (bicyclic) bond motifs is 4. The number of carbonyl (C=O) groups is 2. The number of ether oxygens (including phenoxy) is 1. The minimum atomic E-state index is -0.859. The molecule has 0 aromatic rings. The maximum Gasteiger partial charge on any atom is 0.306 e. The van der Waals surface area contributed by atoms with Gasteiger partial charge in [0.25, 0.3) is 0 Å². The molecule has 0 bridgehead atoms. The highest BCUT2D eigenvalue weighted by Crippen LogP contribution is 2.76. The molecular formula is C28H42O6. The molecule has 34 heavy (non-hydrogen) atoms. The minimum absolute atomic E-state index is 0.0346. The first kappa shape index (κ1) is 24.5. The number of hydrogen-bond donors (Lipinski definition) is 3. The van der Waals surface area contributed by atoms with Gasteiger partial charge >= 0.3 is 5.97 Å². The van der Waals surface area contributed by atoms with Crippen LogP contribution in [0.1, 0.15) is 93.4 Å². The van der Waals surface area contributed by atoms with Crippen molar-refractivity contribution in [3.05, 3.63) is 11.1 Å². The molecule has 6 nitrogen and oxygen atoms in total. The first-order chi connectivity index (χ1) is 15.5. The van der Waals surface area contributed by atoms with E-state index in [2.05, 4.69) is 20.8 Å².